The van der Waals surface area contributed by atoms with Crippen LogP contribution in [0.25, 0.3) is 0 Å². The summed E-state index contributed by atoms with van der Waals surface area (Å²) >= 11 is 0. The molecular formula is C6H15ClN2O. The molecule has 0 aliphatic rings. The van der Waals surface area contributed by atoms with Crippen LogP contribution < -0.4 is 0 Å². The van der Waals surface area contributed by atoms with Crippen molar-refractivity contribution in [2.24, 2.45) is 5.16 Å². The Kier molecular flexibility index (Phi) is 8.48. The number of rotatable bonds is 3. The molecule has 0 aliphatic heterocycles. The standard InChI is InChI=1S/C6H14N2O.ClH/c1-6(7-9)4-5-8(2)3;/h9H,4-5H2,1-3H3;1H. The molecule has 0 aromatic rings. The first-order chi connectivity index (χ1) is 4.16. The molecule has 0 saturated carbocycles. The molecule has 0 bridgehead atoms. The molecule has 0 fully saturated rings. The number of hydrogen-bond donors (Lipinski definition) is 1. The summed E-state index contributed by atoms with van der Waals surface area (Å²) in [5.41, 5.74) is 0.781. The third-order valence-electron chi connectivity index (χ3n) is 1.09. The summed E-state index contributed by atoms with van der Waals surface area (Å²) in [7, 11) is 3.98. The van der Waals surface area contributed by atoms with E-state index in [2.05, 4.69) is 10.1 Å². The van der Waals surface area contributed by atoms with Crippen LogP contribution >= 0.6 is 12.4 Å². The Morgan fingerprint density at radius 2 is 2.00 bits per heavy atom. The minimum atomic E-state index is 0. The highest BCUT2D eigenvalue weighted by Gasteiger charge is 1.92. The smallest absolute Gasteiger partial charge is 0.0552 e. The molecule has 0 amide bonds. The van der Waals surface area contributed by atoms with Crippen molar-refractivity contribution in [3.8, 4) is 0 Å². The maximum absolute atomic E-state index is 8.22. The van der Waals surface area contributed by atoms with Gasteiger partial charge in [-0.05, 0) is 21.0 Å². The number of hydrogen-bond acceptors (Lipinski definition) is 3. The summed E-state index contributed by atoms with van der Waals surface area (Å²) < 4.78 is 0. The minimum Gasteiger partial charge on any atom is -0.411 e. The van der Waals surface area contributed by atoms with Gasteiger partial charge in [-0.2, -0.15) is 0 Å². The normalized spacial score (nSPS) is 11.4. The monoisotopic (exact) mass is 166 g/mol. The van der Waals surface area contributed by atoms with Crippen LogP contribution in [0, 0.1) is 0 Å². The molecule has 0 heterocycles. The van der Waals surface area contributed by atoms with Gasteiger partial charge in [-0.1, -0.05) is 5.16 Å². The van der Waals surface area contributed by atoms with Crippen molar-refractivity contribution in [3.63, 3.8) is 0 Å². The number of halogens is 1. The fourth-order valence-electron chi connectivity index (χ4n) is 0.435. The van der Waals surface area contributed by atoms with E-state index in [0.717, 1.165) is 18.7 Å². The van der Waals surface area contributed by atoms with Gasteiger partial charge in [0.1, 0.15) is 0 Å². The van der Waals surface area contributed by atoms with Gasteiger partial charge in [-0.15, -0.1) is 12.4 Å². The Morgan fingerprint density at radius 3 is 2.30 bits per heavy atom. The molecule has 4 heteroatoms. The Balaban J connectivity index is 0. The first-order valence-electron chi connectivity index (χ1n) is 2.99. The molecule has 0 rings (SSSR count). The highest BCUT2D eigenvalue weighted by molar-refractivity contribution is 5.85. The SMILES string of the molecule is CC(CCN(C)C)=NO.Cl. The van der Waals surface area contributed by atoms with Gasteiger partial charge in [0.05, 0.1) is 5.71 Å². The topological polar surface area (TPSA) is 35.8 Å². The van der Waals surface area contributed by atoms with Gasteiger partial charge >= 0.3 is 0 Å². The number of nitrogens with zero attached hydrogens (tertiary/aromatic N) is 2. The lowest BCUT2D eigenvalue weighted by atomic mass is 10.3. The predicted molar refractivity (Wildman–Crippen MR) is 45.3 cm³/mol. The first-order valence-corrected chi connectivity index (χ1v) is 2.99. The summed E-state index contributed by atoms with van der Waals surface area (Å²) in [6.07, 6.45) is 0.837. The van der Waals surface area contributed by atoms with Crippen molar-refractivity contribution >= 4 is 18.1 Å². The Labute approximate surface area is 68.1 Å². The van der Waals surface area contributed by atoms with Crippen LogP contribution in [-0.2, 0) is 0 Å². The molecular weight excluding hydrogens is 152 g/mol. The third-order valence-corrected chi connectivity index (χ3v) is 1.09. The molecule has 0 radical (unpaired) electrons. The zero-order chi connectivity index (χ0) is 7.28. The van der Waals surface area contributed by atoms with Crippen LogP contribution in [-0.4, -0.2) is 36.5 Å². The van der Waals surface area contributed by atoms with E-state index in [9.17, 15) is 0 Å². The molecule has 0 unspecified atom stereocenters. The Bertz CT molecular complexity index is 104. The van der Waals surface area contributed by atoms with Gasteiger partial charge in [0.15, 0.2) is 0 Å². The molecule has 1 N–H and O–H groups in total. The lowest BCUT2D eigenvalue weighted by molar-refractivity contribution is 0.315. The van der Waals surface area contributed by atoms with Crippen molar-refractivity contribution in [2.45, 2.75) is 13.3 Å². The van der Waals surface area contributed by atoms with Crippen LogP contribution in [0.5, 0.6) is 0 Å². The highest BCUT2D eigenvalue weighted by Crippen LogP contribution is 1.86. The summed E-state index contributed by atoms with van der Waals surface area (Å²) in [5.74, 6) is 0. The van der Waals surface area contributed by atoms with E-state index >= 15 is 0 Å². The van der Waals surface area contributed by atoms with E-state index in [1.807, 2.05) is 21.0 Å². The molecule has 10 heavy (non-hydrogen) atoms. The van der Waals surface area contributed by atoms with Crippen molar-refractivity contribution in [2.75, 3.05) is 20.6 Å². The van der Waals surface area contributed by atoms with Gasteiger partial charge in [0.25, 0.3) is 0 Å². The first kappa shape index (κ1) is 12.4. The zero-order valence-corrected chi connectivity index (χ0v) is 7.48. The van der Waals surface area contributed by atoms with Gasteiger partial charge in [-0.25, -0.2) is 0 Å². The molecule has 0 aromatic carbocycles. The molecule has 0 aliphatic carbocycles. The van der Waals surface area contributed by atoms with E-state index in [4.69, 9.17) is 5.21 Å². The Morgan fingerprint density at radius 1 is 1.50 bits per heavy atom. The maximum Gasteiger partial charge on any atom is 0.0552 e. The molecule has 62 valence electrons. The van der Waals surface area contributed by atoms with E-state index in [1.165, 1.54) is 0 Å². The average Bonchev–Trinajstić information content (AvgIpc) is 1.83. The van der Waals surface area contributed by atoms with Crippen molar-refractivity contribution < 1.29 is 5.21 Å². The summed E-state index contributed by atoms with van der Waals surface area (Å²) in [4.78, 5) is 2.05. The molecule has 0 spiro atoms. The van der Waals surface area contributed by atoms with Crippen molar-refractivity contribution in [3.05, 3.63) is 0 Å². The summed E-state index contributed by atoms with van der Waals surface area (Å²) in [5, 5.41) is 11.3. The van der Waals surface area contributed by atoms with E-state index in [0.29, 0.717) is 0 Å². The highest BCUT2D eigenvalue weighted by atomic mass is 35.5. The minimum absolute atomic E-state index is 0. The largest absolute Gasteiger partial charge is 0.411 e. The van der Waals surface area contributed by atoms with Crippen LogP contribution in [0.4, 0.5) is 0 Å². The van der Waals surface area contributed by atoms with Gasteiger partial charge in [0.2, 0.25) is 0 Å². The fourth-order valence-corrected chi connectivity index (χ4v) is 0.435. The zero-order valence-electron chi connectivity index (χ0n) is 6.66. The predicted octanol–water partition coefficient (Wildman–Crippen LogP) is 1.21. The van der Waals surface area contributed by atoms with Gasteiger partial charge < -0.3 is 10.1 Å². The van der Waals surface area contributed by atoms with Gasteiger partial charge in [0, 0.05) is 13.0 Å². The van der Waals surface area contributed by atoms with Crippen LogP contribution in [0.1, 0.15) is 13.3 Å². The number of oxime groups is 1. The van der Waals surface area contributed by atoms with E-state index in [-0.39, 0.29) is 12.4 Å². The van der Waals surface area contributed by atoms with Crippen molar-refractivity contribution in [1.82, 2.24) is 4.90 Å². The van der Waals surface area contributed by atoms with Crippen molar-refractivity contribution in [1.29, 1.82) is 0 Å². The fraction of sp³-hybridized carbons (Fsp3) is 0.833. The van der Waals surface area contributed by atoms with Gasteiger partial charge in [-0.3, -0.25) is 0 Å². The summed E-state index contributed by atoms with van der Waals surface area (Å²) in [6.45, 7) is 2.75. The Hall–Kier alpha value is -0.280. The maximum atomic E-state index is 8.22. The van der Waals surface area contributed by atoms with Crippen LogP contribution in [0.2, 0.25) is 0 Å². The average molecular weight is 167 g/mol. The molecule has 0 saturated heterocycles. The third kappa shape index (κ3) is 7.72. The van der Waals surface area contributed by atoms with E-state index < -0.39 is 0 Å². The quantitative estimate of drug-likeness (QED) is 0.389. The second-order valence-electron chi connectivity index (χ2n) is 2.39. The molecule has 0 aromatic heterocycles. The molecule has 3 nitrogen and oxygen atoms in total. The lowest BCUT2D eigenvalue weighted by Gasteiger charge is -2.06. The lowest BCUT2D eigenvalue weighted by Crippen LogP contribution is -2.15. The second-order valence-corrected chi connectivity index (χ2v) is 2.39. The second kappa shape index (κ2) is 6.83. The molecule has 0 atom stereocenters. The summed E-state index contributed by atoms with van der Waals surface area (Å²) in [6, 6.07) is 0. The van der Waals surface area contributed by atoms with Crippen LogP contribution in [0.15, 0.2) is 5.16 Å². The van der Waals surface area contributed by atoms with Crippen LogP contribution in [0.3, 0.4) is 0 Å². The van der Waals surface area contributed by atoms with E-state index in [1.54, 1.807) is 0 Å².